The van der Waals surface area contributed by atoms with Gasteiger partial charge < -0.3 is 10.2 Å². The molecule has 0 saturated carbocycles. The molecule has 1 unspecified atom stereocenters. The average Bonchev–Trinajstić information content (AvgIpc) is 2.49. The first kappa shape index (κ1) is 13.4. The summed E-state index contributed by atoms with van der Waals surface area (Å²) in [6.07, 6.45) is 6.46. The van der Waals surface area contributed by atoms with Crippen LogP contribution in [0.4, 0.5) is 10.6 Å². The molecular formula is C15H22N4O. The number of hydrogen-bond donors (Lipinski definition) is 2. The van der Waals surface area contributed by atoms with Gasteiger partial charge in [-0.3, -0.25) is 5.32 Å². The molecule has 3 heterocycles. The van der Waals surface area contributed by atoms with Crippen molar-refractivity contribution in [2.45, 2.75) is 25.7 Å². The van der Waals surface area contributed by atoms with Crippen LogP contribution in [0.25, 0.3) is 0 Å². The predicted molar refractivity (Wildman–Crippen MR) is 78.6 cm³/mol. The summed E-state index contributed by atoms with van der Waals surface area (Å²) in [4.78, 5) is 18.4. The van der Waals surface area contributed by atoms with Gasteiger partial charge in [0.1, 0.15) is 5.82 Å². The van der Waals surface area contributed by atoms with Gasteiger partial charge in [0.05, 0.1) is 0 Å². The summed E-state index contributed by atoms with van der Waals surface area (Å²) in [5.41, 5.74) is 0.290. The Morgan fingerprint density at radius 1 is 1.35 bits per heavy atom. The highest BCUT2D eigenvalue weighted by molar-refractivity contribution is 5.88. The van der Waals surface area contributed by atoms with E-state index in [1.807, 2.05) is 23.1 Å². The van der Waals surface area contributed by atoms with E-state index in [1.165, 1.54) is 19.3 Å². The molecule has 2 aliphatic heterocycles. The monoisotopic (exact) mass is 274 g/mol. The molecule has 0 bridgehead atoms. The third kappa shape index (κ3) is 2.93. The minimum absolute atomic E-state index is 0.0200. The van der Waals surface area contributed by atoms with Crippen LogP contribution < -0.4 is 10.6 Å². The molecule has 1 aromatic rings. The van der Waals surface area contributed by atoms with E-state index in [2.05, 4.69) is 15.6 Å². The molecule has 1 aromatic heterocycles. The predicted octanol–water partition coefficient (Wildman–Crippen LogP) is 2.08. The van der Waals surface area contributed by atoms with Crippen LogP contribution in [-0.2, 0) is 0 Å². The Kier molecular flexibility index (Phi) is 3.87. The number of aromatic nitrogens is 1. The maximum absolute atomic E-state index is 12.3. The molecule has 3 rings (SSSR count). The molecule has 2 N–H and O–H groups in total. The van der Waals surface area contributed by atoms with Crippen LogP contribution in [0.2, 0.25) is 0 Å². The SMILES string of the molecule is O=C(Nc1ccccn1)N1CCCC2(CCCNC2)C1. The first-order valence-electron chi connectivity index (χ1n) is 7.45. The topological polar surface area (TPSA) is 57.3 Å². The minimum Gasteiger partial charge on any atom is -0.324 e. The van der Waals surface area contributed by atoms with Crippen LogP contribution in [0.1, 0.15) is 25.7 Å². The van der Waals surface area contributed by atoms with Gasteiger partial charge in [-0.15, -0.1) is 0 Å². The largest absolute Gasteiger partial charge is 0.324 e. The molecule has 20 heavy (non-hydrogen) atoms. The zero-order chi connectivity index (χ0) is 13.8. The number of nitrogens with one attached hydrogen (secondary N) is 2. The molecule has 5 nitrogen and oxygen atoms in total. The highest BCUT2D eigenvalue weighted by Gasteiger charge is 2.38. The molecule has 2 saturated heterocycles. The molecule has 0 radical (unpaired) electrons. The first-order valence-corrected chi connectivity index (χ1v) is 7.45. The zero-order valence-electron chi connectivity index (χ0n) is 11.8. The van der Waals surface area contributed by atoms with Gasteiger partial charge in [-0.2, -0.15) is 0 Å². The standard InChI is InChI=1S/C15H22N4O/c20-14(18-13-5-1-2-9-17-13)19-10-4-7-15(12-19)6-3-8-16-11-15/h1-2,5,9,16H,3-4,6-8,10-12H2,(H,17,18,20). The van der Waals surface area contributed by atoms with E-state index < -0.39 is 0 Å². The van der Waals surface area contributed by atoms with Crippen molar-refractivity contribution in [3.8, 4) is 0 Å². The maximum atomic E-state index is 12.3. The molecule has 2 amide bonds. The average molecular weight is 274 g/mol. The van der Waals surface area contributed by atoms with Gasteiger partial charge in [-0.05, 0) is 44.4 Å². The van der Waals surface area contributed by atoms with E-state index in [9.17, 15) is 4.79 Å². The molecule has 2 aliphatic rings. The second-order valence-electron chi connectivity index (χ2n) is 5.95. The lowest BCUT2D eigenvalue weighted by molar-refractivity contribution is 0.0861. The van der Waals surface area contributed by atoms with E-state index in [4.69, 9.17) is 0 Å². The number of anilines is 1. The van der Waals surface area contributed by atoms with Crippen molar-refractivity contribution in [3.63, 3.8) is 0 Å². The van der Waals surface area contributed by atoms with Crippen LogP contribution in [0.15, 0.2) is 24.4 Å². The summed E-state index contributed by atoms with van der Waals surface area (Å²) in [6.45, 7) is 3.86. The van der Waals surface area contributed by atoms with Crippen molar-refractivity contribution in [2.24, 2.45) is 5.41 Å². The Balaban J connectivity index is 1.63. The van der Waals surface area contributed by atoms with E-state index in [-0.39, 0.29) is 11.4 Å². The number of nitrogens with zero attached hydrogens (tertiary/aromatic N) is 2. The highest BCUT2D eigenvalue weighted by atomic mass is 16.2. The number of carbonyl (C=O) groups excluding carboxylic acids is 1. The smallest absolute Gasteiger partial charge is 0.323 e. The number of hydrogen-bond acceptors (Lipinski definition) is 3. The van der Waals surface area contributed by atoms with Crippen molar-refractivity contribution in [1.29, 1.82) is 0 Å². The fourth-order valence-corrected chi connectivity index (χ4v) is 3.39. The van der Waals surface area contributed by atoms with Crippen LogP contribution in [-0.4, -0.2) is 42.1 Å². The molecule has 0 aromatic carbocycles. The van der Waals surface area contributed by atoms with Crippen LogP contribution in [0.5, 0.6) is 0 Å². The minimum atomic E-state index is -0.0200. The number of rotatable bonds is 1. The molecule has 2 fully saturated rings. The van der Waals surface area contributed by atoms with Gasteiger partial charge in [0.25, 0.3) is 0 Å². The molecule has 1 atom stereocenters. The molecule has 5 heteroatoms. The molecule has 0 aliphatic carbocycles. The number of urea groups is 1. The lowest BCUT2D eigenvalue weighted by Crippen LogP contribution is -2.53. The van der Waals surface area contributed by atoms with E-state index in [0.29, 0.717) is 5.82 Å². The number of carbonyl (C=O) groups is 1. The zero-order valence-corrected chi connectivity index (χ0v) is 11.8. The van der Waals surface area contributed by atoms with Crippen molar-refractivity contribution in [3.05, 3.63) is 24.4 Å². The van der Waals surface area contributed by atoms with Gasteiger partial charge in [0.2, 0.25) is 0 Å². The summed E-state index contributed by atoms with van der Waals surface area (Å²) >= 11 is 0. The second-order valence-corrected chi connectivity index (χ2v) is 5.95. The van der Waals surface area contributed by atoms with Crippen LogP contribution in [0.3, 0.4) is 0 Å². The van der Waals surface area contributed by atoms with E-state index in [0.717, 1.165) is 32.6 Å². The summed E-state index contributed by atoms with van der Waals surface area (Å²) in [7, 11) is 0. The van der Waals surface area contributed by atoms with Gasteiger partial charge in [-0.1, -0.05) is 6.07 Å². The molecular weight excluding hydrogens is 252 g/mol. The normalized spacial score (nSPS) is 26.5. The van der Waals surface area contributed by atoms with Crippen LogP contribution >= 0.6 is 0 Å². The number of piperidine rings is 2. The Bertz CT molecular complexity index is 451. The first-order chi connectivity index (χ1) is 9.77. The maximum Gasteiger partial charge on any atom is 0.323 e. The Morgan fingerprint density at radius 3 is 3.00 bits per heavy atom. The number of amides is 2. The lowest BCUT2D eigenvalue weighted by atomic mass is 9.74. The fourth-order valence-electron chi connectivity index (χ4n) is 3.39. The lowest BCUT2D eigenvalue weighted by Gasteiger charge is -2.45. The number of pyridine rings is 1. The van der Waals surface area contributed by atoms with Crippen molar-refractivity contribution in [2.75, 3.05) is 31.5 Å². The molecule has 108 valence electrons. The summed E-state index contributed by atoms with van der Waals surface area (Å²) < 4.78 is 0. The third-order valence-corrected chi connectivity index (χ3v) is 4.41. The Hall–Kier alpha value is -1.62. The highest BCUT2D eigenvalue weighted by Crippen LogP contribution is 2.35. The Labute approximate surface area is 119 Å². The van der Waals surface area contributed by atoms with Gasteiger partial charge >= 0.3 is 6.03 Å². The van der Waals surface area contributed by atoms with Crippen LogP contribution in [0, 0.1) is 5.41 Å². The number of likely N-dealkylation sites (tertiary alicyclic amines) is 1. The van der Waals surface area contributed by atoms with E-state index >= 15 is 0 Å². The molecule has 1 spiro atoms. The quantitative estimate of drug-likeness (QED) is 0.824. The van der Waals surface area contributed by atoms with Gasteiger partial charge in [-0.25, -0.2) is 9.78 Å². The summed E-state index contributed by atoms with van der Waals surface area (Å²) in [5, 5.41) is 6.37. The second kappa shape index (κ2) is 5.79. The van der Waals surface area contributed by atoms with Crippen molar-refractivity contribution < 1.29 is 4.79 Å². The third-order valence-electron chi connectivity index (χ3n) is 4.41. The van der Waals surface area contributed by atoms with Gasteiger partial charge in [0, 0.05) is 31.2 Å². The van der Waals surface area contributed by atoms with E-state index in [1.54, 1.807) is 6.20 Å². The summed E-state index contributed by atoms with van der Waals surface area (Å²) in [5.74, 6) is 0.624. The Morgan fingerprint density at radius 2 is 2.25 bits per heavy atom. The fraction of sp³-hybridized carbons (Fsp3) is 0.600. The van der Waals surface area contributed by atoms with Gasteiger partial charge in [0.15, 0.2) is 0 Å². The van der Waals surface area contributed by atoms with Crippen molar-refractivity contribution >= 4 is 11.8 Å². The summed E-state index contributed by atoms with van der Waals surface area (Å²) in [6, 6.07) is 5.53. The van der Waals surface area contributed by atoms with Crippen molar-refractivity contribution in [1.82, 2.24) is 15.2 Å².